The Balaban J connectivity index is 1.73. The zero-order valence-corrected chi connectivity index (χ0v) is 18.0. The third-order valence-corrected chi connectivity index (χ3v) is 6.55. The molecule has 0 spiro atoms. The number of para-hydroxylation sites is 2. The van der Waals surface area contributed by atoms with Crippen molar-refractivity contribution in [3.8, 4) is 5.75 Å². The van der Waals surface area contributed by atoms with E-state index in [-0.39, 0.29) is 11.3 Å². The van der Waals surface area contributed by atoms with Gasteiger partial charge in [0, 0.05) is 10.4 Å². The van der Waals surface area contributed by atoms with Crippen molar-refractivity contribution in [2.75, 3.05) is 12.0 Å². The molecule has 0 radical (unpaired) electrons. The number of hydrogen-bond acceptors (Lipinski definition) is 5. The Labute approximate surface area is 188 Å². The van der Waals surface area contributed by atoms with E-state index in [0.29, 0.717) is 17.0 Å². The van der Waals surface area contributed by atoms with Gasteiger partial charge in [-0.15, -0.1) is 11.3 Å². The number of carbonyl (C=O) groups excluding carboxylic acids is 2. The van der Waals surface area contributed by atoms with Crippen molar-refractivity contribution in [2.24, 2.45) is 0 Å². The molecule has 1 aliphatic rings. The second kappa shape index (κ2) is 7.98. The molecule has 2 heterocycles. The fourth-order valence-electron chi connectivity index (χ4n) is 4.12. The van der Waals surface area contributed by atoms with Gasteiger partial charge in [-0.25, -0.2) is 0 Å². The average molecular weight is 442 g/mol. The molecule has 5 rings (SSSR count). The van der Waals surface area contributed by atoms with Gasteiger partial charge in [0.25, 0.3) is 11.7 Å². The van der Waals surface area contributed by atoms with E-state index >= 15 is 0 Å². The first-order chi connectivity index (χ1) is 15.6. The molecule has 3 aromatic carbocycles. The third kappa shape index (κ3) is 3.16. The summed E-state index contributed by atoms with van der Waals surface area (Å²) in [5.41, 5.74) is 1.04. The Morgan fingerprint density at radius 3 is 2.44 bits per heavy atom. The number of rotatable bonds is 4. The molecule has 5 nitrogen and oxygen atoms in total. The highest BCUT2D eigenvalue weighted by atomic mass is 32.1. The molecule has 32 heavy (non-hydrogen) atoms. The lowest BCUT2D eigenvalue weighted by Crippen LogP contribution is -2.29. The maximum Gasteiger partial charge on any atom is 0.300 e. The molecule has 0 bridgehead atoms. The van der Waals surface area contributed by atoms with Gasteiger partial charge < -0.3 is 9.84 Å². The molecule has 1 aromatic heterocycles. The average Bonchev–Trinajstić information content (AvgIpc) is 3.45. The van der Waals surface area contributed by atoms with Crippen LogP contribution in [0.1, 0.15) is 16.5 Å². The molecule has 1 N–H and O–H groups in total. The number of fused-ring (bicyclic) bond motifs is 1. The van der Waals surface area contributed by atoms with E-state index < -0.39 is 17.7 Å². The SMILES string of the molecule is COc1ccccc1N1C(=O)C(=O)/C(=C(\O)c2ccc3ccccc3c2)C1c1cccs1. The number of benzene rings is 3. The number of ether oxygens (including phenoxy) is 1. The van der Waals surface area contributed by atoms with Crippen LogP contribution in [0.2, 0.25) is 0 Å². The molecular formula is C26H19NO4S. The molecule has 158 valence electrons. The number of methoxy groups -OCH3 is 1. The second-order valence-corrected chi connectivity index (χ2v) is 8.40. The lowest BCUT2D eigenvalue weighted by Gasteiger charge is -2.25. The van der Waals surface area contributed by atoms with Crippen molar-refractivity contribution in [1.29, 1.82) is 0 Å². The number of thiophene rings is 1. The number of aliphatic hydroxyl groups excluding tert-OH is 1. The zero-order chi connectivity index (χ0) is 22.2. The summed E-state index contributed by atoms with van der Waals surface area (Å²) in [6.45, 7) is 0. The van der Waals surface area contributed by atoms with E-state index in [1.54, 1.807) is 30.3 Å². The molecule has 1 fully saturated rings. The number of anilines is 1. The van der Waals surface area contributed by atoms with Gasteiger partial charge in [0.15, 0.2) is 0 Å². The summed E-state index contributed by atoms with van der Waals surface area (Å²) >= 11 is 1.42. The molecule has 1 amide bonds. The molecule has 1 saturated heterocycles. The lowest BCUT2D eigenvalue weighted by atomic mass is 9.98. The summed E-state index contributed by atoms with van der Waals surface area (Å²) in [5.74, 6) is -1.14. The fraction of sp³-hybridized carbons (Fsp3) is 0.0769. The zero-order valence-electron chi connectivity index (χ0n) is 17.2. The first-order valence-corrected chi connectivity index (χ1v) is 10.9. The number of carbonyl (C=O) groups is 2. The summed E-state index contributed by atoms with van der Waals surface area (Å²) in [4.78, 5) is 28.6. The maximum absolute atomic E-state index is 13.2. The minimum atomic E-state index is -0.752. The molecule has 1 unspecified atom stereocenters. The molecule has 1 aliphatic heterocycles. The van der Waals surface area contributed by atoms with E-state index in [0.717, 1.165) is 15.6 Å². The van der Waals surface area contributed by atoms with Crippen LogP contribution >= 0.6 is 11.3 Å². The van der Waals surface area contributed by atoms with Crippen LogP contribution in [0.25, 0.3) is 16.5 Å². The van der Waals surface area contributed by atoms with Gasteiger partial charge in [-0.1, -0.05) is 54.6 Å². The molecule has 1 atom stereocenters. The lowest BCUT2D eigenvalue weighted by molar-refractivity contribution is -0.132. The van der Waals surface area contributed by atoms with Crippen LogP contribution in [-0.2, 0) is 9.59 Å². The van der Waals surface area contributed by atoms with Crippen molar-refractivity contribution in [2.45, 2.75) is 6.04 Å². The molecule has 0 aliphatic carbocycles. The number of nitrogens with zero attached hydrogens (tertiary/aromatic N) is 1. The van der Waals surface area contributed by atoms with E-state index in [1.807, 2.05) is 53.9 Å². The van der Waals surface area contributed by atoms with Gasteiger partial charge in [0.1, 0.15) is 17.6 Å². The highest BCUT2D eigenvalue weighted by molar-refractivity contribution is 7.10. The minimum Gasteiger partial charge on any atom is -0.507 e. The van der Waals surface area contributed by atoms with Crippen molar-refractivity contribution < 1.29 is 19.4 Å². The number of amides is 1. The van der Waals surface area contributed by atoms with Crippen LogP contribution in [0.5, 0.6) is 5.75 Å². The monoisotopic (exact) mass is 441 g/mol. The van der Waals surface area contributed by atoms with Crippen LogP contribution in [0.4, 0.5) is 5.69 Å². The number of Topliss-reactive ketones (excluding diaryl/α,β-unsaturated/α-hetero) is 1. The van der Waals surface area contributed by atoms with Crippen molar-refractivity contribution in [3.63, 3.8) is 0 Å². The largest absolute Gasteiger partial charge is 0.507 e. The summed E-state index contributed by atoms with van der Waals surface area (Å²) in [6.07, 6.45) is 0. The van der Waals surface area contributed by atoms with Crippen molar-refractivity contribution >= 4 is 45.2 Å². The van der Waals surface area contributed by atoms with E-state index in [1.165, 1.54) is 23.3 Å². The Morgan fingerprint density at radius 1 is 0.938 bits per heavy atom. The van der Waals surface area contributed by atoms with Crippen molar-refractivity contribution in [1.82, 2.24) is 0 Å². The van der Waals surface area contributed by atoms with Crippen LogP contribution in [0.15, 0.2) is 89.8 Å². The summed E-state index contributed by atoms with van der Waals surface area (Å²) in [5, 5.41) is 15.1. The Morgan fingerprint density at radius 2 is 1.69 bits per heavy atom. The predicted molar refractivity (Wildman–Crippen MR) is 126 cm³/mol. The Kier molecular flexibility index (Phi) is 4.99. The van der Waals surface area contributed by atoms with Crippen LogP contribution in [0.3, 0.4) is 0 Å². The summed E-state index contributed by atoms with van der Waals surface area (Å²) in [7, 11) is 1.52. The quantitative estimate of drug-likeness (QED) is 0.257. The second-order valence-electron chi connectivity index (χ2n) is 7.42. The molecular weight excluding hydrogens is 422 g/mol. The Bertz CT molecular complexity index is 1370. The van der Waals surface area contributed by atoms with E-state index in [9.17, 15) is 14.7 Å². The standard InChI is InChI=1S/C26H19NO4S/c1-31-20-10-5-4-9-19(20)27-23(21-11-6-14-32-21)22(25(29)26(27)30)24(28)18-13-12-16-7-2-3-8-17(16)15-18/h2-15,23,28H,1H3/b24-22-. The molecule has 0 saturated carbocycles. The maximum atomic E-state index is 13.2. The van der Waals surface area contributed by atoms with E-state index in [2.05, 4.69) is 0 Å². The molecule has 4 aromatic rings. The van der Waals surface area contributed by atoms with Gasteiger partial charge >= 0.3 is 0 Å². The highest BCUT2D eigenvalue weighted by Gasteiger charge is 2.48. The van der Waals surface area contributed by atoms with Crippen molar-refractivity contribution in [3.05, 3.63) is 100 Å². The topological polar surface area (TPSA) is 66.8 Å². The van der Waals surface area contributed by atoms with Gasteiger partial charge in [0.2, 0.25) is 0 Å². The summed E-state index contributed by atoms with van der Waals surface area (Å²) in [6, 6.07) is 23.3. The van der Waals surface area contributed by atoms with Crippen LogP contribution < -0.4 is 9.64 Å². The van der Waals surface area contributed by atoms with Gasteiger partial charge in [0.05, 0.1) is 18.4 Å². The predicted octanol–water partition coefficient (Wildman–Crippen LogP) is 5.54. The van der Waals surface area contributed by atoms with Gasteiger partial charge in [-0.3, -0.25) is 14.5 Å². The number of hydrogen-bond donors (Lipinski definition) is 1. The summed E-state index contributed by atoms with van der Waals surface area (Å²) < 4.78 is 5.46. The minimum absolute atomic E-state index is 0.0682. The Hall–Kier alpha value is -3.90. The number of ketones is 1. The van der Waals surface area contributed by atoms with E-state index in [4.69, 9.17) is 4.74 Å². The third-order valence-electron chi connectivity index (χ3n) is 5.62. The first kappa shape index (κ1) is 20.0. The highest BCUT2D eigenvalue weighted by Crippen LogP contribution is 2.46. The van der Waals surface area contributed by atoms with Gasteiger partial charge in [-0.05, 0) is 40.4 Å². The van der Waals surface area contributed by atoms with Crippen LogP contribution in [0, 0.1) is 0 Å². The first-order valence-electron chi connectivity index (χ1n) is 10.1. The van der Waals surface area contributed by atoms with Crippen LogP contribution in [-0.4, -0.2) is 23.9 Å². The van der Waals surface area contributed by atoms with Gasteiger partial charge in [-0.2, -0.15) is 0 Å². The smallest absolute Gasteiger partial charge is 0.300 e. The molecule has 6 heteroatoms. The fourth-order valence-corrected chi connectivity index (χ4v) is 4.94. The number of aliphatic hydroxyl groups is 1. The normalized spacial score (nSPS) is 17.8.